The molecule has 1 N–H and O–H groups in total. The van der Waals surface area contributed by atoms with Crippen molar-refractivity contribution < 1.29 is 4.39 Å². The number of hydrogen-bond acceptors (Lipinski definition) is 3. The molecule has 0 aliphatic heterocycles. The van der Waals surface area contributed by atoms with E-state index in [2.05, 4.69) is 31.2 Å². The quantitative estimate of drug-likeness (QED) is 0.879. The number of halogens is 2. The summed E-state index contributed by atoms with van der Waals surface area (Å²) < 4.78 is 14.0. The Balaban J connectivity index is 2.05. The first-order valence-electron chi connectivity index (χ1n) is 4.71. The van der Waals surface area contributed by atoms with Crippen LogP contribution in [0.2, 0.25) is 0 Å². The largest absolute Gasteiger partial charge is 0.375 e. The molecule has 2 rings (SSSR count). The average molecular weight is 282 g/mol. The van der Waals surface area contributed by atoms with Crippen molar-refractivity contribution in [3.8, 4) is 0 Å². The minimum atomic E-state index is -0.280. The second-order valence-electron chi connectivity index (χ2n) is 3.13. The third kappa shape index (κ3) is 2.76. The number of nitrogens with one attached hydrogen (secondary N) is 1. The van der Waals surface area contributed by atoms with Crippen LogP contribution in [0.25, 0.3) is 0 Å². The van der Waals surface area contributed by atoms with Crippen molar-refractivity contribution in [1.82, 2.24) is 9.97 Å². The molecule has 5 heteroatoms. The van der Waals surface area contributed by atoms with Crippen LogP contribution in [0.4, 0.5) is 10.1 Å². The van der Waals surface area contributed by atoms with Crippen molar-refractivity contribution in [2.45, 2.75) is 6.54 Å². The van der Waals surface area contributed by atoms with Gasteiger partial charge in [0.25, 0.3) is 0 Å². The molecule has 1 aromatic heterocycles. The summed E-state index contributed by atoms with van der Waals surface area (Å²) >= 11 is 3.25. The summed E-state index contributed by atoms with van der Waals surface area (Å²) in [6.45, 7) is 0.389. The lowest BCUT2D eigenvalue weighted by Gasteiger charge is -2.06. The zero-order valence-electron chi connectivity index (χ0n) is 8.32. The fraction of sp³-hybridized carbons (Fsp3) is 0.0909. The van der Waals surface area contributed by atoms with E-state index in [1.807, 2.05) is 0 Å². The molecule has 0 saturated carbocycles. The van der Waals surface area contributed by atoms with Crippen molar-refractivity contribution in [2.24, 2.45) is 0 Å². The van der Waals surface area contributed by atoms with Gasteiger partial charge in [0.05, 0.1) is 12.2 Å². The lowest BCUT2D eigenvalue weighted by Crippen LogP contribution is -2.05. The van der Waals surface area contributed by atoms with Crippen LogP contribution >= 0.6 is 15.9 Å². The molecule has 16 heavy (non-hydrogen) atoms. The number of hydrogen-bond donors (Lipinski definition) is 1. The van der Waals surface area contributed by atoms with E-state index in [-0.39, 0.29) is 5.82 Å². The first kappa shape index (κ1) is 11.0. The van der Waals surface area contributed by atoms with Gasteiger partial charge in [-0.25, -0.2) is 14.4 Å². The predicted molar refractivity (Wildman–Crippen MR) is 63.5 cm³/mol. The fourth-order valence-electron chi connectivity index (χ4n) is 1.24. The average Bonchev–Trinajstić information content (AvgIpc) is 2.28. The van der Waals surface area contributed by atoms with Crippen molar-refractivity contribution in [3.63, 3.8) is 0 Å². The van der Waals surface area contributed by atoms with E-state index in [9.17, 15) is 4.39 Å². The molecule has 0 unspecified atom stereocenters. The van der Waals surface area contributed by atoms with Gasteiger partial charge in [-0.15, -0.1) is 0 Å². The zero-order chi connectivity index (χ0) is 11.4. The van der Waals surface area contributed by atoms with Gasteiger partial charge in [-0.1, -0.05) is 12.1 Å². The van der Waals surface area contributed by atoms with Crippen LogP contribution in [0, 0.1) is 5.82 Å². The molecule has 0 radical (unpaired) electrons. The zero-order valence-corrected chi connectivity index (χ0v) is 9.91. The molecular formula is C11H9BrFN3. The number of para-hydroxylation sites is 1. The monoisotopic (exact) mass is 281 g/mol. The molecule has 82 valence electrons. The molecule has 0 spiro atoms. The van der Waals surface area contributed by atoms with Crippen LogP contribution in [0.1, 0.15) is 5.82 Å². The summed E-state index contributed by atoms with van der Waals surface area (Å²) in [5, 5.41) is 2.94. The van der Waals surface area contributed by atoms with Crippen LogP contribution in [0.5, 0.6) is 0 Å². The van der Waals surface area contributed by atoms with Gasteiger partial charge in [-0.2, -0.15) is 0 Å². The standard InChI is InChI=1S/C11H9BrFN3/c12-10-5-6-14-11(16-10)7-15-9-4-2-1-3-8(9)13/h1-6,15H,7H2. The van der Waals surface area contributed by atoms with Gasteiger partial charge in [0.2, 0.25) is 0 Å². The Morgan fingerprint density at radius 1 is 1.25 bits per heavy atom. The summed E-state index contributed by atoms with van der Waals surface area (Å²) in [6.07, 6.45) is 1.65. The summed E-state index contributed by atoms with van der Waals surface area (Å²) in [5.41, 5.74) is 0.450. The Labute approximate surface area is 101 Å². The Bertz CT molecular complexity index is 490. The second-order valence-corrected chi connectivity index (χ2v) is 3.94. The van der Waals surface area contributed by atoms with E-state index in [4.69, 9.17) is 0 Å². The minimum absolute atomic E-state index is 0.280. The molecule has 0 aliphatic carbocycles. The van der Waals surface area contributed by atoms with Crippen molar-refractivity contribution in [1.29, 1.82) is 0 Å². The van der Waals surface area contributed by atoms with Gasteiger partial charge in [0.1, 0.15) is 16.2 Å². The molecule has 1 aromatic carbocycles. The van der Waals surface area contributed by atoms with Crippen LogP contribution in [-0.4, -0.2) is 9.97 Å². The highest BCUT2D eigenvalue weighted by Crippen LogP contribution is 2.13. The molecule has 0 fully saturated rings. The van der Waals surface area contributed by atoms with E-state index < -0.39 is 0 Å². The topological polar surface area (TPSA) is 37.8 Å². The van der Waals surface area contributed by atoms with Gasteiger partial charge >= 0.3 is 0 Å². The Morgan fingerprint density at radius 3 is 2.81 bits per heavy atom. The summed E-state index contributed by atoms with van der Waals surface area (Å²) in [5.74, 6) is 0.329. The number of rotatable bonds is 3. The first-order chi connectivity index (χ1) is 7.75. The number of anilines is 1. The predicted octanol–water partition coefficient (Wildman–Crippen LogP) is 2.99. The SMILES string of the molecule is Fc1ccccc1NCc1nccc(Br)n1. The van der Waals surface area contributed by atoms with E-state index in [0.717, 1.165) is 0 Å². The van der Waals surface area contributed by atoms with Gasteiger partial charge < -0.3 is 5.32 Å². The van der Waals surface area contributed by atoms with Crippen molar-refractivity contribution >= 4 is 21.6 Å². The van der Waals surface area contributed by atoms with E-state index >= 15 is 0 Å². The van der Waals surface area contributed by atoms with Gasteiger partial charge in [-0.05, 0) is 34.1 Å². The highest BCUT2D eigenvalue weighted by Gasteiger charge is 2.01. The van der Waals surface area contributed by atoms with E-state index in [1.165, 1.54) is 6.07 Å². The summed E-state index contributed by atoms with van der Waals surface area (Å²) in [6, 6.07) is 8.24. The summed E-state index contributed by atoms with van der Waals surface area (Å²) in [4.78, 5) is 8.20. The van der Waals surface area contributed by atoms with E-state index in [0.29, 0.717) is 22.7 Å². The second kappa shape index (κ2) is 5.03. The first-order valence-corrected chi connectivity index (χ1v) is 5.51. The third-order valence-corrected chi connectivity index (χ3v) is 2.42. The van der Waals surface area contributed by atoms with Crippen LogP contribution in [-0.2, 0) is 6.54 Å². The minimum Gasteiger partial charge on any atom is -0.375 e. The third-order valence-electron chi connectivity index (χ3n) is 1.98. The highest BCUT2D eigenvalue weighted by molar-refractivity contribution is 9.10. The van der Waals surface area contributed by atoms with E-state index in [1.54, 1.807) is 30.5 Å². The van der Waals surface area contributed by atoms with Crippen molar-refractivity contribution in [3.05, 3.63) is 52.8 Å². The van der Waals surface area contributed by atoms with Crippen LogP contribution in [0.3, 0.4) is 0 Å². The Hall–Kier alpha value is -1.49. The normalized spacial score (nSPS) is 10.1. The number of aromatic nitrogens is 2. The lowest BCUT2D eigenvalue weighted by molar-refractivity contribution is 0.629. The maximum atomic E-state index is 13.3. The van der Waals surface area contributed by atoms with Gasteiger partial charge in [0, 0.05) is 6.20 Å². The Morgan fingerprint density at radius 2 is 2.06 bits per heavy atom. The lowest BCUT2D eigenvalue weighted by atomic mass is 10.3. The van der Waals surface area contributed by atoms with Crippen molar-refractivity contribution in [2.75, 3.05) is 5.32 Å². The molecule has 0 saturated heterocycles. The van der Waals surface area contributed by atoms with Crippen LogP contribution in [0.15, 0.2) is 41.1 Å². The highest BCUT2D eigenvalue weighted by atomic mass is 79.9. The molecule has 0 amide bonds. The fourth-order valence-corrected chi connectivity index (χ4v) is 1.56. The number of nitrogens with zero attached hydrogens (tertiary/aromatic N) is 2. The number of benzene rings is 1. The molecule has 0 bridgehead atoms. The smallest absolute Gasteiger partial charge is 0.148 e. The van der Waals surface area contributed by atoms with Gasteiger partial charge in [-0.3, -0.25) is 0 Å². The molecule has 1 heterocycles. The summed E-state index contributed by atoms with van der Waals surface area (Å²) in [7, 11) is 0. The van der Waals surface area contributed by atoms with Gasteiger partial charge in [0.15, 0.2) is 0 Å². The molecular weight excluding hydrogens is 273 g/mol. The molecule has 0 atom stereocenters. The maximum Gasteiger partial charge on any atom is 0.148 e. The molecule has 2 aromatic rings. The van der Waals surface area contributed by atoms with Crippen LogP contribution < -0.4 is 5.32 Å². The Kier molecular flexibility index (Phi) is 3.46. The maximum absolute atomic E-state index is 13.3. The molecule has 3 nitrogen and oxygen atoms in total. The molecule has 0 aliphatic rings.